The topological polar surface area (TPSA) is 30.7 Å². The molecular weight excluding hydrogens is 234 g/mol. The lowest BCUT2D eigenvalue weighted by atomic mass is 10.1. The second kappa shape index (κ2) is 4.84. The maximum absolute atomic E-state index is 4.58. The Labute approximate surface area is 112 Å². The van der Waals surface area contributed by atoms with Crippen LogP contribution in [0.5, 0.6) is 0 Å². The van der Waals surface area contributed by atoms with Gasteiger partial charge >= 0.3 is 0 Å². The summed E-state index contributed by atoms with van der Waals surface area (Å²) >= 11 is 0. The number of benzene rings is 1. The van der Waals surface area contributed by atoms with Gasteiger partial charge in [-0.15, -0.1) is 0 Å². The Morgan fingerprint density at radius 1 is 1.21 bits per heavy atom. The maximum atomic E-state index is 4.58. The van der Waals surface area contributed by atoms with Crippen molar-refractivity contribution in [1.29, 1.82) is 0 Å². The molecule has 96 valence electrons. The molecule has 0 N–H and O–H groups in total. The van der Waals surface area contributed by atoms with Crippen LogP contribution in [0.1, 0.15) is 24.0 Å². The minimum Gasteiger partial charge on any atom is -0.330 e. The lowest BCUT2D eigenvalue weighted by Gasteiger charge is -2.10. The molecule has 0 saturated carbocycles. The van der Waals surface area contributed by atoms with Gasteiger partial charge in [-0.2, -0.15) is 0 Å². The van der Waals surface area contributed by atoms with Gasteiger partial charge in [0.2, 0.25) is 0 Å². The molecule has 3 aromatic rings. The van der Waals surface area contributed by atoms with Crippen molar-refractivity contribution >= 4 is 10.9 Å². The lowest BCUT2D eigenvalue weighted by molar-refractivity contribution is 0.734. The first-order valence-electron chi connectivity index (χ1n) is 6.63. The zero-order valence-corrected chi connectivity index (χ0v) is 11.3. The average molecular weight is 251 g/mol. The largest absolute Gasteiger partial charge is 0.330 e. The van der Waals surface area contributed by atoms with Crippen molar-refractivity contribution < 1.29 is 0 Å². The fourth-order valence-corrected chi connectivity index (χ4v) is 2.51. The van der Waals surface area contributed by atoms with Gasteiger partial charge < -0.3 is 4.57 Å². The third-order valence-electron chi connectivity index (χ3n) is 3.39. The van der Waals surface area contributed by atoms with Gasteiger partial charge in [0, 0.05) is 36.4 Å². The number of fused-ring (bicyclic) bond motifs is 1. The van der Waals surface area contributed by atoms with E-state index in [1.807, 2.05) is 25.4 Å². The molecule has 0 spiro atoms. The molecule has 0 aliphatic rings. The normalized spacial score (nSPS) is 11.1. The van der Waals surface area contributed by atoms with E-state index in [0.717, 1.165) is 30.0 Å². The molecule has 1 aromatic carbocycles. The number of rotatable bonds is 3. The number of pyridine rings is 1. The van der Waals surface area contributed by atoms with Crippen molar-refractivity contribution in [1.82, 2.24) is 14.5 Å². The highest BCUT2D eigenvalue weighted by atomic mass is 15.1. The van der Waals surface area contributed by atoms with Gasteiger partial charge in [0.1, 0.15) is 5.82 Å². The second-order valence-corrected chi connectivity index (χ2v) is 4.76. The first-order chi connectivity index (χ1) is 9.28. The van der Waals surface area contributed by atoms with E-state index in [9.17, 15) is 0 Å². The van der Waals surface area contributed by atoms with Gasteiger partial charge in [0.15, 0.2) is 0 Å². The first kappa shape index (κ1) is 11.9. The predicted molar refractivity (Wildman–Crippen MR) is 77.2 cm³/mol. The highest BCUT2D eigenvalue weighted by molar-refractivity contribution is 5.82. The summed E-state index contributed by atoms with van der Waals surface area (Å²) in [4.78, 5) is 8.96. The van der Waals surface area contributed by atoms with Crippen LogP contribution in [0.15, 0.2) is 42.7 Å². The molecule has 2 aromatic heterocycles. The fourth-order valence-electron chi connectivity index (χ4n) is 2.51. The Hall–Kier alpha value is -2.16. The molecule has 0 unspecified atom stereocenters. The monoisotopic (exact) mass is 251 g/mol. The van der Waals surface area contributed by atoms with E-state index in [0.29, 0.717) is 0 Å². The summed E-state index contributed by atoms with van der Waals surface area (Å²) in [5.41, 5.74) is 3.43. The number of hydrogen-bond acceptors (Lipinski definition) is 2. The summed E-state index contributed by atoms with van der Waals surface area (Å²) in [5.74, 6) is 1.12. The summed E-state index contributed by atoms with van der Waals surface area (Å²) in [7, 11) is 0. The standard InChI is InChI=1S/C16H17N3/c1-3-16-17-8-9-19(16)11-13-10-12(2)18-15-7-5-4-6-14(13)15/h4-10H,3,11H2,1-2H3. The lowest BCUT2D eigenvalue weighted by Crippen LogP contribution is -2.04. The molecule has 2 heterocycles. The highest BCUT2D eigenvalue weighted by Gasteiger charge is 2.06. The van der Waals surface area contributed by atoms with Gasteiger partial charge in [-0.3, -0.25) is 4.98 Å². The van der Waals surface area contributed by atoms with Gasteiger partial charge in [-0.05, 0) is 24.6 Å². The van der Waals surface area contributed by atoms with E-state index >= 15 is 0 Å². The van der Waals surface area contributed by atoms with Gasteiger partial charge in [0.05, 0.1) is 5.52 Å². The Balaban J connectivity index is 2.10. The Morgan fingerprint density at radius 3 is 2.89 bits per heavy atom. The number of nitrogens with zero attached hydrogens (tertiary/aromatic N) is 3. The van der Waals surface area contributed by atoms with Crippen LogP contribution in [-0.4, -0.2) is 14.5 Å². The van der Waals surface area contributed by atoms with E-state index in [2.05, 4.69) is 45.7 Å². The molecule has 0 amide bonds. The molecule has 3 heteroatoms. The third kappa shape index (κ3) is 2.24. The minimum atomic E-state index is 0.854. The highest BCUT2D eigenvalue weighted by Crippen LogP contribution is 2.19. The van der Waals surface area contributed by atoms with Crippen LogP contribution in [0.2, 0.25) is 0 Å². The van der Waals surface area contributed by atoms with Crippen molar-refractivity contribution in [2.24, 2.45) is 0 Å². The van der Waals surface area contributed by atoms with Gasteiger partial charge in [-0.1, -0.05) is 25.1 Å². The van der Waals surface area contributed by atoms with Crippen LogP contribution in [0.3, 0.4) is 0 Å². The molecule has 0 saturated heterocycles. The molecule has 0 aliphatic carbocycles. The molecule has 0 radical (unpaired) electrons. The Morgan fingerprint density at radius 2 is 2.05 bits per heavy atom. The molecule has 0 atom stereocenters. The number of para-hydroxylation sites is 1. The zero-order chi connectivity index (χ0) is 13.2. The summed E-state index contributed by atoms with van der Waals surface area (Å²) in [5, 5.41) is 1.23. The van der Waals surface area contributed by atoms with Crippen LogP contribution in [-0.2, 0) is 13.0 Å². The summed E-state index contributed by atoms with van der Waals surface area (Å²) in [6.45, 7) is 5.03. The van der Waals surface area contributed by atoms with Crippen LogP contribution in [0.25, 0.3) is 10.9 Å². The molecule has 0 aliphatic heterocycles. The van der Waals surface area contributed by atoms with Gasteiger partial charge in [0.25, 0.3) is 0 Å². The third-order valence-corrected chi connectivity index (χ3v) is 3.39. The number of hydrogen-bond donors (Lipinski definition) is 0. The van der Waals surface area contributed by atoms with Crippen LogP contribution < -0.4 is 0 Å². The van der Waals surface area contributed by atoms with E-state index in [-0.39, 0.29) is 0 Å². The smallest absolute Gasteiger partial charge is 0.108 e. The summed E-state index contributed by atoms with van der Waals surface area (Å²) in [6.07, 6.45) is 4.87. The molecule has 3 nitrogen and oxygen atoms in total. The van der Waals surface area contributed by atoms with Crippen molar-refractivity contribution in [3.63, 3.8) is 0 Å². The van der Waals surface area contributed by atoms with Gasteiger partial charge in [-0.25, -0.2) is 4.98 Å². The fraction of sp³-hybridized carbons (Fsp3) is 0.250. The van der Waals surface area contributed by atoms with Crippen molar-refractivity contribution in [2.45, 2.75) is 26.8 Å². The van der Waals surface area contributed by atoms with Crippen molar-refractivity contribution in [3.05, 3.63) is 59.8 Å². The van der Waals surface area contributed by atoms with Crippen LogP contribution >= 0.6 is 0 Å². The van der Waals surface area contributed by atoms with E-state index < -0.39 is 0 Å². The average Bonchev–Trinajstić information content (AvgIpc) is 2.86. The Bertz CT molecular complexity index is 713. The minimum absolute atomic E-state index is 0.854. The number of aromatic nitrogens is 3. The van der Waals surface area contributed by atoms with E-state index in [1.165, 1.54) is 10.9 Å². The molecule has 0 bridgehead atoms. The second-order valence-electron chi connectivity index (χ2n) is 4.76. The number of aryl methyl sites for hydroxylation is 2. The Kier molecular flexibility index (Phi) is 3.03. The molecular formula is C16H17N3. The van der Waals surface area contributed by atoms with Crippen LogP contribution in [0.4, 0.5) is 0 Å². The zero-order valence-electron chi connectivity index (χ0n) is 11.3. The van der Waals surface area contributed by atoms with Crippen molar-refractivity contribution in [2.75, 3.05) is 0 Å². The summed E-state index contributed by atoms with van der Waals surface area (Å²) in [6, 6.07) is 10.5. The first-order valence-corrected chi connectivity index (χ1v) is 6.63. The maximum Gasteiger partial charge on any atom is 0.108 e. The predicted octanol–water partition coefficient (Wildman–Crippen LogP) is 3.35. The molecule has 3 rings (SSSR count). The molecule has 0 fully saturated rings. The summed E-state index contributed by atoms with van der Waals surface area (Å²) < 4.78 is 2.21. The van der Waals surface area contributed by atoms with Crippen molar-refractivity contribution in [3.8, 4) is 0 Å². The van der Waals surface area contributed by atoms with E-state index in [1.54, 1.807) is 0 Å². The van der Waals surface area contributed by atoms with Crippen LogP contribution in [0, 0.1) is 6.92 Å². The quantitative estimate of drug-likeness (QED) is 0.714. The number of imidazole rings is 1. The SMILES string of the molecule is CCc1nccn1Cc1cc(C)nc2ccccc12. The van der Waals surface area contributed by atoms with E-state index in [4.69, 9.17) is 0 Å². The molecule has 19 heavy (non-hydrogen) atoms.